The minimum atomic E-state index is -3.96. The summed E-state index contributed by atoms with van der Waals surface area (Å²) in [6.45, 7) is 1.59. The number of benzene rings is 4. The van der Waals surface area contributed by atoms with Gasteiger partial charge in [0, 0.05) is 48.1 Å². The zero-order valence-electron chi connectivity index (χ0n) is 26.7. The van der Waals surface area contributed by atoms with E-state index in [0.717, 1.165) is 26.8 Å². The molecule has 1 aromatic heterocycles. The Morgan fingerprint density at radius 3 is 2.44 bits per heavy atom. The van der Waals surface area contributed by atoms with Gasteiger partial charge < -0.3 is 25.0 Å². The van der Waals surface area contributed by atoms with Crippen molar-refractivity contribution in [1.82, 2.24) is 15.2 Å². The number of ether oxygens (including phenoxy) is 2. The molecule has 0 spiro atoms. The molecule has 2 aliphatic heterocycles. The molecule has 0 atom stereocenters. The number of piperidine rings is 1. The van der Waals surface area contributed by atoms with Gasteiger partial charge in [0.05, 0.1) is 27.6 Å². The van der Waals surface area contributed by atoms with Crippen molar-refractivity contribution in [2.75, 3.05) is 18.4 Å². The fourth-order valence-electron chi connectivity index (χ4n) is 5.83. The summed E-state index contributed by atoms with van der Waals surface area (Å²) in [7, 11) is -3.96. The van der Waals surface area contributed by atoms with Gasteiger partial charge in [0.1, 0.15) is 23.5 Å². The number of hydrogen-bond acceptors (Lipinski definition) is 9. The Morgan fingerprint density at radius 1 is 0.920 bits per heavy atom. The third-order valence-electron chi connectivity index (χ3n) is 8.49. The summed E-state index contributed by atoms with van der Waals surface area (Å²) >= 11 is 1.44. The number of anilines is 1. The summed E-state index contributed by atoms with van der Waals surface area (Å²) in [5.41, 5.74) is 2.16. The molecular weight excluding hydrogens is 677 g/mol. The Labute approximate surface area is 292 Å². The van der Waals surface area contributed by atoms with Crippen molar-refractivity contribution in [1.29, 1.82) is 0 Å². The number of hydrogen-bond donors (Lipinski definition) is 2. The van der Waals surface area contributed by atoms with E-state index in [1.807, 2.05) is 54.6 Å². The standard InChI is InChI=1S/C37H32N4O7S2/c42-34(26-12-15-33-31(20-26)40-35(43)30-8-4-5-9-32(30)50(33,45)46)38-21-29-22-39-36(49-29)25-10-13-27(14-11-25)48-28-16-18-41(19-17-28)37(44)47-23-24-6-2-1-3-7-24/h1-15,20,22,28H,16-19,21,23H2,(H,38,42)(H,40,43). The van der Waals surface area contributed by atoms with E-state index in [9.17, 15) is 22.8 Å². The molecule has 0 unspecified atom stereocenters. The normalized spacial score (nSPS) is 15.2. The van der Waals surface area contributed by atoms with Crippen LogP contribution in [0.5, 0.6) is 5.75 Å². The summed E-state index contributed by atoms with van der Waals surface area (Å²) in [5.74, 6) is -0.249. The van der Waals surface area contributed by atoms with Crippen LogP contribution in [0.2, 0.25) is 0 Å². The second kappa shape index (κ2) is 14.1. The van der Waals surface area contributed by atoms with E-state index in [4.69, 9.17) is 9.47 Å². The molecule has 2 N–H and O–H groups in total. The molecule has 0 radical (unpaired) electrons. The van der Waals surface area contributed by atoms with E-state index in [0.29, 0.717) is 25.9 Å². The third-order valence-corrected chi connectivity index (χ3v) is 11.4. The fourth-order valence-corrected chi connectivity index (χ4v) is 8.28. The number of carbonyl (C=O) groups excluding carboxylic acids is 3. The van der Waals surface area contributed by atoms with Crippen LogP contribution in [0, 0.1) is 0 Å². The van der Waals surface area contributed by atoms with Gasteiger partial charge in [0.2, 0.25) is 9.84 Å². The number of likely N-dealkylation sites (tertiary alicyclic amines) is 1. The maximum Gasteiger partial charge on any atom is 0.410 e. The Hall–Kier alpha value is -5.53. The van der Waals surface area contributed by atoms with Gasteiger partial charge in [-0.2, -0.15) is 0 Å². The van der Waals surface area contributed by atoms with Gasteiger partial charge in [-0.05, 0) is 60.2 Å². The van der Waals surface area contributed by atoms with Crippen LogP contribution < -0.4 is 15.4 Å². The van der Waals surface area contributed by atoms with Crippen molar-refractivity contribution in [3.8, 4) is 16.3 Å². The number of amides is 3. The molecular formula is C37H32N4O7S2. The summed E-state index contributed by atoms with van der Waals surface area (Å²) in [4.78, 5) is 45.2. The zero-order chi connectivity index (χ0) is 34.7. The van der Waals surface area contributed by atoms with Crippen LogP contribution >= 0.6 is 11.3 Å². The average Bonchev–Trinajstić information content (AvgIpc) is 3.60. The third kappa shape index (κ3) is 7.09. The summed E-state index contributed by atoms with van der Waals surface area (Å²) < 4.78 is 38.1. The summed E-state index contributed by atoms with van der Waals surface area (Å²) in [5, 5.41) is 6.26. The molecule has 0 aliphatic carbocycles. The number of thiazole rings is 1. The number of sulfone groups is 1. The number of nitrogens with zero attached hydrogens (tertiary/aromatic N) is 2. The predicted molar refractivity (Wildman–Crippen MR) is 187 cm³/mol. The lowest BCUT2D eigenvalue weighted by atomic mass is 10.1. The van der Waals surface area contributed by atoms with Gasteiger partial charge >= 0.3 is 6.09 Å². The van der Waals surface area contributed by atoms with Crippen LogP contribution in [-0.4, -0.2) is 55.4 Å². The zero-order valence-corrected chi connectivity index (χ0v) is 28.3. The van der Waals surface area contributed by atoms with Crippen LogP contribution in [0.3, 0.4) is 0 Å². The molecule has 0 bridgehead atoms. The van der Waals surface area contributed by atoms with Crippen molar-refractivity contribution in [2.24, 2.45) is 0 Å². The molecule has 4 aromatic carbocycles. The second-order valence-electron chi connectivity index (χ2n) is 11.8. The molecule has 1 fully saturated rings. The molecule has 254 valence electrons. The largest absolute Gasteiger partial charge is 0.490 e. The molecule has 11 nitrogen and oxygen atoms in total. The van der Waals surface area contributed by atoms with Gasteiger partial charge in [-0.3, -0.25) is 9.59 Å². The van der Waals surface area contributed by atoms with E-state index < -0.39 is 21.7 Å². The van der Waals surface area contributed by atoms with Gasteiger partial charge in [-0.25, -0.2) is 18.2 Å². The molecule has 3 amide bonds. The minimum Gasteiger partial charge on any atom is -0.490 e. The molecule has 3 heterocycles. The Morgan fingerprint density at radius 2 is 1.66 bits per heavy atom. The maximum atomic E-state index is 13.2. The van der Waals surface area contributed by atoms with Crippen LogP contribution in [0.1, 0.15) is 44.0 Å². The lowest BCUT2D eigenvalue weighted by Crippen LogP contribution is -2.42. The highest BCUT2D eigenvalue weighted by Crippen LogP contribution is 2.34. The van der Waals surface area contributed by atoms with Crippen molar-refractivity contribution in [2.45, 2.75) is 41.9 Å². The number of aromatic nitrogens is 1. The first-order valence-corrected chi connectivity index (χ1v) is 18.3. The predicted octanol–water partition coefficient (Wildman–Crippen LogP) is 6.32. The Kier molecular flexibility index (Phi) is 9.33. The van der Waals surface area contributed by atoms with Gasteiger partial charge in [-0.1, -0.05) is 42.5 Å². The monoisotopic (exact) mass is 708 g/mol. The van der Waals surface area contributed by atoms with Gasteiger partial charge in [0.25, 0.3) is 11.8 Å². The van der Waals surface area contributed by atoms with E-state index in [-0.39, 0.29) is 52.0 Å². The highest BCUT2D eigenvalue weighted by atomic mass is 32.2. The van der Waals surface area contributed by atoms with E-state index in [1.165, 1.54) is 41.7 Å². The number of fused-ring (bicyclic) bond motifs is 2. The smallest absolute Gasteiger partial charge is 0.410 e. The van der Waals surface area contributed by atoms with Crippen molar-refractivity contribution in [3.63, 3.8) is 0 Å². The summed E-state index contributed by atoms with van der Waals surface area (Å²) in [6.07, 6.45) is 2.79. The van der Waals surface area contributed by atoms with E-state index in [2.05, 4.69) is 15.6 Å². The minimum absolute atomic E-state index is 0.00867. The topological polar surface area (TPSA) is 144 Å². The Balaban J connectivity index is 0.904. The first-order valence-electron chi connectivity index (χ1n) is 16.0. The van der Waals surface area contributed by atoms with E-state index >= 15 is 0 Å². The first kappa shape index (κ1) is 33.0. The first-order chi connectivity index (χ1) is 24.2. The Bertz CT molecular complexity index is 2160. The summed E-state index contributed by atoms with van der Waals surface area (Å²) in [6, 6.07) is 27.4. The van der Waals surface area contributed by atoms with Crippen molar-refractivity contribution < 1.29 is 32.3 Å². The van der Waals surface area contributed by atoms with Crippen LogP contribution in [0.25, 0.3) is 10.6 Å². The quantitative estimate of drug-likeness (QED) is 0.191. The SMILES string of the molecule is O=C(NCc1cnc(-c2ccc(OC3CCN(C(=O)OCc4ccccc4)CC3)cc2)s1)c1ccc2c(c1)NC(=O)c1ccccc1S2(=O)=O. The number of nitrogens with one attached hydrogen (secondary N) is 2. The molecule has 7 rings (SSSR count). The highest BCUT2D eigenvalue weighted by molar-refractivity contribution is 7.91. The van der Waals surface area contributed by atoms with Crippen molar-refractivity contribution in [3.05, 3.63) is 125 Å². The number of rotatable bonds is 8. The van der Waals surface area contributed by atoms with Crippen LogP contribution in [0.15, 0.2) is 113 Å². The lowest BCUT2D eigenvalue weighted by Gasteiger charge is -2.31. The molecule has 50 heavy (non-hydrogen) atoms. The molecule has 1 saturated heterocycles. The van der Waals surface area contributed by atoms with Crippen LogP contribution in [0.4, 0.5) is 10.5 Å². The van der Waals surface area contributed by atoms with Crippen LogP contribution in [-0.2, 0) is 27.7 Å². The maximum absolute atomic E-state index is 13.2. The van der Waals surface area contributed by atoms with E-state index in [1.54, 1.807) is 23.2 Å². The number of carbonyl (C=O) groups is 3. The lowest BCUT2D eigenvalue weighted by molar-refractivity contribution is 0.0638. The molecule has 0 saturated carbocycles. The molecule has 2 aliphatic rings. The fraction of sp³-hybridized carbons (Fsp3) is 0.189. The van der Waals surface area contributed by atoms with Gasteiger partial charge in [-0.15, -0.1) is 11.3 Å². The molecule has 13 heteroatoms. The second-order valence-corrected chi connectivity index (χ2v) is 14.8. The molecule has 5 aromatic rings. The highest BCUT2D eigenvalue weighted by Gasteiger charge is 2.31. The average molecular weight is 709 g/mol. The van der Waals surface area contributed by atoms with Gasteiger partial charge in [0.15, 0.2) is 0 Å². The van der Waals surface area contributed by atoms with Crippen molar-refractivity contribution >= 4 is 44.8 Å².